The number of fused-ring (bicyclic) bond motifs is 1. The fourth-order valence-corrected chi connectivity index (χ4v) is 3.18. The molecule has 2 aromatic heterocycles. The van der Waals surface area contributed by atoms with E-state index in [1.54, 1.807) is 6.33 Å². The van der Waals surface area contributed by atoms with Crippen molar-refractivity contribution in [3.8, 4) is 0 Å². The second kappa shape index (κ2) is 7.64. The van der Waals surface area contributed by atoms with Crippen molar-refractivity contribution in [1.82, 2.24) is 19.7 Å². The van der Waals surface area contributed by atoms with Crippen LogP contribution in [0.3, 0.4) is 0 Å². The Kier molecular flexibility index (Phi) is 4.91. The number of hydrogen-bond donors (Lipinski definition) is 1. The molecule has 25 heavy (non-hydrogen) atoms. The number of aromatic nitrogens is 4. The van der Waals surface area contributed by atoms with Gasteiger partial charge in [-0.05, 0) is 37.7 Å². The van der Waals surface area contributed by atoms with Crippen LogP contribution in [0.4, 0.5) is 5.82 Å². The van der Waals surface area contributed by atoms with Crippen molar-refractivity contribution in [3.63, 3.8) is 0 Å². The number of rotatable bonds is 9. The molecule has 0 atom stereocenters. The van der Waals surface area contributed by atoms with E-state index < -0.39 is 0 Å². The highest BCUT2D eigenvalue weighted by molar-refractivity contribution is 5.86. The van der Waals surface area contributed by atoms with Crippen LogP contribution in [-0.2, 0) is 13.0 Å². The number of unbranched alkanes of at least 4 members (excludes halogenated alkanes) is 3. The molecule has 1 saturated carbocycles. The second-order valence-corrected chi connectivity index (χ2v) is 6.90. The van der Waals surface area contributed by atoms with E-state index in [-0.39, 0.29) is 0 Å². The highest BCUT2D eigenvalue weighted by Crippen LogP contribution is 2.27. The molecule has 1 aliphatic rings. The highest BCUT2D eigenvalue weighted by atomic mass is 15.3. The van der Waals surface area contributed by atoms with Crippen LogP contribution in [0.2, 0.25) is 0 Å². The first kappa shape index (κ1) is 16.1. The molecule has 1 aromatic carbocycles. The number of hydrogen-bond acceptors (Lipinski definition) is 4. The van der Waals surface area contributed by atoms with E-state index in [9.17, 15) is 0 Å². The van der Waals surface area contributed by atoms with Gasteiger partial charge in [0.25, 0.3) is 0 Å². The molecule has 0 saturated heterocycles. The first-order valence-electron chi connectivity index (χ1n) is 9.37. The molecular formula is C20H25N5. The van der Waals surface area contributed by atoms with E-state index in [1.807, 2.05) is 10.9 Å². The molecule has 5 nitrogen and oxygen atoms in total. The van der Waals surface area contributed by atoms with Crippen molar-refractivity contribution in [2.75, 3.05) is 5.32 Å². The van der Waals surface area contributed by atoms with Crippen LogP contribution >= 0.6 is 0 Å². The van der Waals surface area contributed by atoms with Gasteiger partial charge in [0.1, 0.15) is 12.1 Å². The summed E-state index contributed by atoms with van der Waals surface area (Å²) >= 11 is 0. The zero-order valence-electron chi connectivity index (χ0n) is 14.6. The van der Waals surface area contributed by atoms with Crippen LogP contribution in [0.5, 0.6) is 0 Å². The maximum absolute atomic E-state index is 4.52. The van der Waals surface area contributed by atoms with Crippen LogP contribution in [0.1, 0.15) is 44.1 Å². The summed E-state index contributed by atoms with van der Waals surface area (Å²) < 4.78 is 2.02. The molecule has 0 unspecified atom stereocenters. The summed E-state index contributed by atoms with van der Waals surface area (Å²) in [6, 6.07) is 11.3. The van der Waals surface area contributed by atoms with Crippen molar-refractivity contribution in [2.24, 2.45) is 0 Å². The fraction of sp³-hybridized carbons (Fsp3) is 0.450. The molecule has 0 aliphatic heterocycles. The van der Waals surface area contributed by atoms with Gasteiger partial charge in [-0.15, -0.1) is 0 Å². The first-order chi connectivity index (χ1) is 12.4. The molecule has 0 amide bonds. The van der Waals surface area contributed by atoms with Gasteiger partial charge in [0.2, 0.25) is 0 Å². The average Bonchev–Trinajstić information content (AvgIpc) is 3.37. The molecule has 2 heterocycles. The summed E-state index contributed by atoms with van der Waals surface area (Å²) in [7, 11) is 0. The van der Waals surface area contributed by atoms with Gasteiger partial charge in [0.15, 0.2) is 5.65 Å². The van der Waals surface area contributed by atoms with Gasteiger partial charge in [-0.1, -0.05) is 43.2 Å². The maximum atomic E-state index is 4.52. The van der Waals surface area contributed by atoms with Gasteiger partial charge >= 0.3 is 0 Å². The minimum Gasteiger partial charge on any atom is -0.367 e. The fourth-order valence-electron chi connectivity index (χ4n) is 3.18. The average molecular weight is 335 g/mol. The van der Waals surface area contributed by atoms with E-state index in [4.69, 9.17) is 0 Å². The molecule has 0 bridgehead atoms. The molecule has 5 heteroatoms. The smallest absolute Gasteiger partial charge is 0.163 e. The first-order valence-corrected chi connectivity index (χ1v) is 9.37. The van der Waals surface area contributed by atoms with Gasteiger partial charge in [-0.2, -0.15) is 5.10 Å². The summed E-state index contributed by atoms with van der Waals surface area (Å²) in [5.74, 6) is 0.932. The summed E-state index contributed by atoms with van der Waals surface area (Å²) in [6.07, 6.45) is 12.1. The topological polar surface area (TPSA) is 55.6 Å². The third-order valence-electron chi connectivity index (χ3n) is 4.78. The molecule has 0 spiro atoms. The Bertz CT molecular complexity index is 807. The molecular weight excluding hydrogens is 310 g/mol. The van der Waals surface area contributed by atoms with Crippen molar-refractivity contribution in [3.05, 3.63) is 48.4 Å². The summed E-state index contributed by atoms with van der Waals surface area (Å²) in [6.45, 7) is 0.925. The Morgan fingerprint density at radius 3 is 2.68 bits per heavy atom. The normalized spacial score (nSPS) is 14.1. The number of nitrogens with one attached hydrogen (secondary N) is 1. The zero-order valence-corrected chi connectivity index (χ0v) is 14.6. The SMILES string of the molecule is c1ccc(CCCCCCn2ncc3c(NC4CC4)ncnc32)cc1. The van der Waals surface area contributed by atoms with Crippen LogP contribution < -0.4 is 5.32 Å². The monoisotopic (exact) mass is 335 g/mol. The number of benzene rings is 1. The van der Waals surface area contributed by atoms with E-state index in [1.165, 1.54) is 44.1 Å². The van der Waals surface area contributed by atoms with Gasteiger partial charge in [0.05, 0.1) is 11.6 Å². The molecule has 0 radical (unpaired) electrons. The quantitative estimate of drug-likeness (QED) is 0.595. The Morgan fingerprint density at radius 1 is 1.00 bits per heavy atom. The van der Waals surface area contributed by atoms with Crippen LogP contribution in [0, 0.1) is 0 Å². The lowest BCUT2D eigenvalue weighted by Crippen LogP contribution is -2.05. The minimum absolute atomic E-state index is 0.589. The van der Waals surface area contributed by atoms with E-state index in [0.717, 1.165) is 29.8 Å². The van der Waals surface area contributed by atoms with Crippen LogP contribution in [0.15, 0.2) is 42.9 Å². The second-order valence-electron chi connectivity index (χ2n) is 6.90. The Labute approximate surface area is 148 Å². The van der Waals surface area contributed by atoms with E-state index in [2.05, 4.69) is 50.7 Å². The van der Waals surface area contributed by atoms with Crippen molar-refractivity contribution >= 4 is 16.9 Å². The van der Waals surface area contributed by atoms with E-state index in [0.29, 0.717) is 6.04 Å². The van der Waals surface area contributed by atoms with Gasteiger partial charge in [-0.25, -0.2) is 14.6 Å². The van der Waals surface area contributed by atoms with Gasteiger partial charge < -0.3 is 5.32 Å². The third kappa shape index (κ3) is 4.16. The van der Waals surface area contributed by atoms with Gasteiger partial charge in [-0.3, -0.25) is 0 Å². The predicted octanol–water partition coefficient (Wildman–Crippen LogP) is 4.20. The van der Waals surface area contributed by atoms with Crippen molar-refractivity contribution < 1.29 is 0 Å². The summed E-state index contributed by atoms with van der Waals surface area (Å²) in [4.78, 5) is 8.81. The number of anilines is 1. The zero-order chi connectivity index (χ0) is 16.9. The van der Waals surface area contributed by atoms with Gasteiger partial charge in [0, 0.05) is 12.6 Å². The van der Waals surface area contributed by atoms with Crippen molar-refractivity contribution in [1.29, 1.82) is 0 Å². The number of aryl methyl sites for hydroxylation is 2. The summed E-state index contributed by atoms with van der Waals surface area (Å²) in [5.41, 5.74) is 2.38. The lowest BCUT2D eigenvalue weighted by atomic mass is 10.1. The largest absolute Gasteiger partial charge is 0.367 e. The lowest BCUT2D eigenvalue weighted by molar-refractivity contribution is 0.544. The third-order valence-corrected chi connectivity index (χ3v) is 4.78. The molecule has 1 N–H and O–H groups in total. The van der Waals surface area contributed by atoms with Crippen LogP contribution in [-0.4, -0.2) is 25.8 Å². The number of nitrogens with zero attached hydrogens (tertiary/aromatic N) is 4. The Morgan fingerprint density at radius 2 is 1.84 bits per heavy atom. The Balaban J connectivity index is 1.25. The molecule has 4 rings (SSSR count). The molecule has 3 aromatic rings. The van der Waals surface area contributed by atoms with Crippen LogP contribution in [0.25, 0.3) is 11.0 Å². The lowest BCUT2D eigenvalue weighted by Gasteiger charge is -2.06. The predicted molar refractivity (Wildman–Crippen MR) is 101 cm³/mol. The molecule has 1 fully saturated rings. The molecule has 1 aliphatic carbocycles. The minimum atomic E-state index is 0.589. The highest BCUT2D eigenvalue weighted by Gasteiger charge is 2.22. The molecule has 130 valence electrons. The standard InChI is InChI=1S/C20H25N5/c1(4-8-16-9-5-3-6-10-16)2-7-13-25-20-18(14-23-25)19(21-15-22-20)24-17-11-12-17/h3,5-6,9-10,14-15,17H,1-2,4,7-8,11-13H2,(H,21,22,24). The van der Waals surface area contributed by atoms with Crippen molar-refractivity contribution in [2.45, 2.75) is 57.5 Å². The van der Waals surface area contributed by atoms with E-state index >= 15 is 0 Å². The summed E-state index contributed by atoms with van der Waals surface area (Å²) in [5, 5.41) is 9.03. The maximum Gasteiger partial charge on any atom is 0.163 e. The Hall–Kier alpha value is -2.43.